The van der Waals surface area contributed by atoms with E-state index in [0.717, 1.165) is 12.8 Å². The first kappa shape index (κ1) is 14.9. The lowest BCUT2D eigenvalue weighted by Crippen LogP contribution is -2.44. The minimum atomic E-state index is -0.449. The summed E-state index contributed by atoms with van der Waals surface area (Å²) >= 11 is 6.04. The number of hydrogen-bond acceptors (Lipinski definition) is 3. The van der Waals surface area contributed by atoms with Crippen molar-refractivity contribution in [2.45, 2.75) is 18.9 Å². The topological polar surface area (TPSA) is 70.4 Å². The normalized spacial score (nSPS) is 18.3. The van der Waals surface area contributed by atoms with Gasteiger partial charge in [-0.1, -0.05) is 11.6 Å². The number of rotatable bonds is 2. The number of nitrogens with one attached hydrogen (secondary N) is 1. The van der Waals surface area contributed by atoms with Gasteiger partial charge in [0.05, 0.1) is 17.5 Å². The number of piperidine rings is 1. The van der Waals surface area contributed by atoms with Crippen LogP contribution in [0.3, 0.4) is 0 Å². The molecule has 1 aliphatic rings. The molecule has 1 aliphatic heterocycles. The minimum absolute atomic E-state index is 0.227. The zero-order valence-corrected chi connectivity index (χ0v) is 12.7. The third kappa shape index (κ3) is 3.23. The van der Waals surface area contributed by atoms with Gasteiger partial charge >= 0.3 is 6.03 Å². The van der Waals surface area contributed by atoms with E-state index in [-0.39, 0.29) is 6.03 Å². The SMILES string of the molecule is O=C(Nc1ccc(Cl)cc1-n1cccn1)N1CCCC(O)C1. The van der Waals surface area contributed by atoms with E-state index in [9.17, 15) is 9.90 Å². The molecule has 1 aromatic heterocycles. The zero-order chi connectivity index (χ0) is 15.5. The van der Waals surface area contributed by atoms with Crippen molar-refractivity contribution in [2.24, 2.45) is 0 Å². The van der Waals surface area contributed by atoms with Crippen molar-refractivity contribution in [3.05, 3.63) is 41.7 Å². The van der Waals surface area contributed by atoms with E-state index in [4.69, 9.17) is 11.6 Å². The van der Waals surface area contributed by atoms with Gasteiger partial charge in [-0.2, -0.15) is 5.10 Å². The third-order valence-electron chi connectivity index (χ3n) is 3.64. The number of likely N-dealkylation sites (tertiary alicyclic amines) is 1. The largest absolute Gasteiger partial charge is 0.391 e. The van der Waals surface area contributed by atoms with Gasteiger partial charge in [-0.05, 0) is 37.1 Å². The van der Waals surface area contributed by atoms with Crippen LogP contribution in [0.1, 0.15) is 12.8 Å². The number of aliphatic hydroxyl groups is 1. The number of anilines is 1. The first-order chi connectivity index (χ1) is 10.6. The second kappa shape index (κ2) is 6.37. The van der Waals surface area contributed by atoms with Crippen LogP contribution in [0.15, 0.2) is 36.7 Å². The van der Waals surface area contributed by atoms with Gasteiger partial charge in [-0.3, -0.25) is 0 Å². The number of benzene rings is 1. The van der Waals surface area contributed by atoms with Crippen molar-refractivity contribution >= 4 is 23.3 Å². The molecule has 1 saturated heterocycles. The standard InChI is InChI=1S/C15H17ClN4O2/c16-11-4-5-13(14(9-11)20-8-2-6-17-20)18-15(22)19-7-1-3-12(21)10-19/h2,4-6,8-9,12,21H,1,3,7,10H2,(H,18,22). The number of aliphatic hydroxyl groups excluding tert-OH is 1. The maximum atomic E-state index is 12.4. The monoisotopic (exact) mass is 320 g/mol. The molecule has 0 saturated carbocycles. The molecule has 2 N–H and O–H groups in total. The van der Waals surface area contributed by atoms with Gasteiger partial charge in [-0.25, -0.2) is 9.48 Å². The fourth-order valence-corrected chi connectivity index (χ4v) is 2.71. The number of β-amino-alcohol motifs (C(OH)–C–C–N with tert-alkyl or cyclic N) is 1. The molecule has 116 valence electrons. The van der Waals surface area contributed by atoms with Gasteiger partial charge in [0.2, 0.25) is 0 Å². The van der Waals surface area contributed by atoms with Crippen LogP contribution >= 0.6 is 11.6 Å². The Morgan fingerprint density at radius 3 is 3.05 bits per heavy atom. The summed E-state index contributed by atoms with van der Waals surface area (Å²) in [5.41, 5.74) is 1.32. The summed E-state index contributed by atoms with van der Waals surface area (Å²) in [5, 5.41) is 17.3. The molecule has 1 aromatic carbocycles. The van der Waals surface area contributed by atoms with Gasteiger partial charge in [0.1, 0.15) is 0 Å². The molecule has 0 bridgehead atoms. The molecule has 2 aromatic rings. The summed E-state index contributed by atoms with van der Waals surface area (Å²) in [6.07, 6.45) is 4.54. The first-order valence-electron chi connectivity index (χ1n) is 7.17. The number of amides is 2. The molecule has 22 heavy (non-hydrogen) atoms. The quantitative estimate of drug-likeness (QED) is 0.893. The van der Waals surface area contributed by atoms with Crippen molar-refractivity contribution in [3.8, 4) is 5.69 Å². The molecule has 1 fully saturated rings. The average Bonchev–Trinajstić information content (AvgIpc) is 3.03. The number of aromatic nitrogens is 2. The van der Waals surface area contributed by atoms with E-state index in [1.165, 1.54) is 0 Å². The van der Waals surface area contributed by atoms with Crippen LogP contribution in [0.2, 0.25) is 5.02 Å². The molecule has 0 spiro atoms. The zero-order valence-electron chi connectivity index (χ0n) is 11.9. The maximum absolute atomic E-state index is 12.4. The fraction of sp³-hybridized carbons (Fsp3) is 0.333. The Balaban J connectivity index is 1.81. The number of urea groups is 1. The molecule has 1 unspecified atom stereocenters. The van der Waals surface area contributed by atoms with Crippen LogP contribution in [0.5, 0.6) is 0 Å². The molecule has 7 heteroatoms. The molecule has 2 heterocycles. The van der Waals surface area contributed by atoms with Gasteiger partial charge in [0, 0.05) is 30.5 Å². The van der Waals surface area contributed by atoms with Crippen LogP contribution < -0.4 is 5.32 Å². The molecule has 0 aliphatic carbocycles. The predicted molar refractivity (Wildman–Crippen MR) is 84.4 cm³/mol. The molecule has 3 rings (SSSR count). The Hall–Kier alpha value is -2.05. The Morgan fingerprint density at radius 1 is 1.45 bits per heavy atom. The van der Waals surface area contributed by atoms with E-state index >= 15 is 0 Å². The highest BCUT2D eigenvalue weighted by molar-refractivity contribution is 6.30. The van der Waals surface area contributed by atoms with Crippen LogP contribution in [-0.4, -0.2) is 45.0 Å². The van der Waals surface area contributed by atoms with Crippen LogP contribution in [0, 0.1) is 0 Å². The molecule has 2 amide bonds. The summed E-state index contributed by atoms with van der Waals surface area (Å²) in [6.45, 7) is 1.00. The first-order valence-corrected chi connectivity index (χ1v) is 7.55. The summed E-state index contributed by atoms with van der Waals surface area (Å²) in [6, 6.07) is 6.78. The third-order valence-corrected chi connectivity index (χ3v) is 3.87. The lowest BCUT2D eigenvalue weighted by molar-refractivity contribution is 0.0883. The molecular weight excluding hydrogens is 304 g/mol. The Kier molecular flexibility index (Phi) is 4.31. The Labute approximate surface area is 133 Å². The van der Waals surface area contributed by atoms with Crippen molar-refractivity contribution < 1.29 is 9.90 Å². The van der Waals surface area contributed by atoms with E-state index in [1.807, 2.05) is 0 Å². The van der Waals surface area contributed by atoms with Crippen LogP contribution in [0.4, 0.5) is 10.5 Å². The second-order valence-electron chi connectivity index (χ2n) is 5.28. The number of carbonyl (C=O) groups excluding carboxylic acids is 1. The van der Waals surface area contributed by atoms with Crippen molar-refractivity contribution in [3.63, 3.8) is 0 Å². The molecule has 0 radical (unpaired) electrons. The Morgan fingerprint density at radius 2 is 2.32 bits per heavy atom. The van der Waals surface area contributed by atoms with Crippen molar-refractivity contribution in [2.75, 3.05) is 18.4 Å². The van der Waals surface area contributed by atoms with Crippen LogP contribution in [-0.2, 0) is 0 Å². The number of carbonyl (C=O) groups is 1. The molecule has 1 atom stereocenters. The highest BCUT2D eigenvalue weighted by atomic mass is 35.5. The summed E-state index contributed by atoms with van der Waals surface area (Å²) in [5.74, 6) is 0. The highest BCUT2D eigenvalue weighted by Crippen LogP contribution is 2.24. The number of halogens is 1. The van der Waals surface area contributed by atoms with E-state index in [1.54, 1.807) is 46.2 Å². The highest BCUT2D eigenvalue weighted by Gasteiger charge is 2.22. The van der Waals surface area contributed by atoms with Gasteiger partial charge < -0.3 is 15.3 Å². The van der Waals surface area contributed by atoms with Crippen LogP contribution in [0.25, 0.3) is 5.69 Å². The second-order valence-corrected chi connectivity index (χ2v) is 5.72. The van der Waals surface area contributed by atoms with E-state index in [2.05, 4.69) is 10.4 Å². The molecule has 6 nitrogen and oxygen atoms in total. The number of hydrogen-bond donors (Lipinski definition) is 2. The minimum Gasteiger partial charge on any atom is -0.391 e. The Bertz CT molecular complexity index is 660. The smallest absolute Gasteiger partial charge is 0.321 e. The lowest BCUT2D eigenvalue weighted by atomic mass is 10.1. The average molecular weight is 321 g/mol. The van der Waals surface area contributed by atoms with E-state index in [0.29, 0.717) is 29.5 Å². The molecular formula is C15H17ClN4O2. The summed E-state index contributed by atoms with van der Waals surface area (Å²) < 4.78 is 1.65. The predicted octanol–water partition coefficient (Wildman–Crippen LogP) is 2.51. The maximum Gasteiger partial charge on any atom is 0.321 e. The van der Waals surface area contributed by atoms with Crippen molar-refractivity contribution in [1.82, 2.24) is 14.7 Å². The number of nitrogens with zero attached hydrogens (tertiary/aromatic N) is 3. The summed E-state index contributed by atoms with van der Waals surface area (Å²) in [7, 11) is 0. The van der Waals surface area contributed by atoms with Gasteiger partial charge in [-0.15, -0.1) is 0 Å². The van der Waals surface area contributed by atoms with Crippen molar-refractivity contribution in [1.29, 1.82) is 0 Å². The summed E-state index contributed by atoms with van der Waals surface area (Å²) in [4.78, 5) is 14.0. The van der Waals surface area contributed by atoms with Gasteiger partial charge in [0.25, 0.3) is 0 Å². The fourth-order valence-electron chi connectivity index (χ4n) is 2.54. The van der Waals surface area contributed by atoms with E-state index < -0.39 is 6.10 Å². The lowest BCUT2D eigenvalue weighted by Gasteiger charge is -2.30. The van der Waals surface area contributed by atoms with Gasteiger partial charge in [0.15, 0.2) is 0 Å².